The first kappa shape index (κ1) is 19.5. The minimum atomic E-state index is -0.991. The fourth-order valence-corrected chi connectivity index (χ4v) is 2.95. The van der Waals surface area contributed by atoms with E-state index in [9.17, 15) is 9.59 Å². The molecule has 5 nitrogen and oxygen atoms in total. The first-order valence-corrected chi connectivity index (χ1v) is 9.02. The Labute approximate surface area is 168 Å². The Hall–Kier alpha value is -3.31. The second-order valence-corrected chi connectivity index (χ2v) is 6.75. The van der Waals surface area contributed by atoms with Gasteiger partial charge >= 0.3 is 5.97 Å². The SMILES string of the molecule is CN(NC(=O)c1ccccc1Cc1ccc(Cl)cc1)c1ccc(C(=O)O)cc1. The maximum atomic E-state index is 12.8. The van der Waals surface area contributed by atoms with Gasteiger partial charge < -0.3 is 5.11 Å². The van der Waals surface area contributed by atoms with Gasteiger partial charge in [-0.1, -0.05) is 41.9 Å². The number of anilines is 1. The van der Waals surface area contributed by atoms with E-state index in [1.54, 1.807) is 30.3 Å². The Kier molecular flexibility index (Phi) is 5.96. The summed E-state index contributed by atoms with van der Waals surface area (Å²) in [6.45, 7) is 0. The molecule has 0 saturated heterocycles. The van der Waals surface area contributed by atoms with E-state index >= 15 is 0 Å². The highest BCUT2D eigenvalue weighted by Crippen LogP contribution is 2.18. The number of amides is 1. The fourth-order valence-electron chi connectivity index (χ4n) is 2.82. The normalized spacial score (nSPS) is 10.4. The van der Waals surface area contributed by atoms with Crippen molar-refractivity contribution >= 4 is 29.2 Å². The highest BCUT2D eigenvalue weighted by Gasteiger charge is 2.14. The van der Waals surface area contributed by atoms with Crippen molar-refractivity contribution in [2.24, 2.45) is 0 Å². The minimum absolute atomic E-state index is 0.191. The van der Waals surface area contributed by atoms with Gasteiger partial charge in [0.2, 0.25) is 0 Å². The van der Waals surface area contributed by atoms with Crippen molar-refractivity contribution in [2.75, 3.05) is 12.1 Å². The second kappa shape index (κ2) is 8.59. The van der Waals surface area contributed by atoms with Crippen LogP contribution in [0.15, 0.2) is 72.8 Å². The molecule has 0 aliphatic heterocycles. The first-order valence-electron chi connectivity index (χ1n) is 8.64. The smallest absolute Gasteiger partial charge is 0.335 e. The lowest BCUT2D eigenvalue weighted by molar-refractivity contribution is 0.0696. The largest absolute Gasteiger partial charge is 0.478 e. The molecular formula is C22H19ClN2O3. The first-order chi connectivity index (χ1) is 13.4. The summed E-state index contributed by atoms with van der Waals surface area (Å²) in [6, 6.07) is 21.2. The van der Waals surface area contributed by atoms with Gasteiger partial charge in [0.05, 0.1) is 11.3 Å². The van der Waals surface area contributed by atoms with Crippen molar-refractivity contribution in [2.45, 2.75) is 6.42 Å². The van der Waals surface area contributed by atoms with Crippen LogP contribution in [0.2, 0.25) is 5.02 Å². The van der Waals surface area contributed by atoms with Crippen LogP contribution in [-0.2, 0) is 6.42 Å². The maximum Gasteiger partial charge on any atom is 0.335 e. The molecule has 0 radical (unpaired) electrons. The molecule has 0 aliphatic carbocycles. The van der Waals surface area contributed by atoms with E-state index in [1.807, 2.05) is 42.5 Å². The predicted octanol–water partition coefficient (Wildman–Crippen LogP) is 4.41. The Morgan fingerprint density at radius 2 is 1.61 bits per heavy atom. The number of benzene rings is 3. The number of carbonyl (C=O) groups excluding carboxylic acids is 1. The molecule has 0 unspecified atom stereocenters. The monoisotopic (exact) mass is 394 g/mol. The molecule has 0 aliphatic rings. The molecule has 0 heterocycles. The van der Waals surface area contributed by atoms with E-state index in [0.717, 1.165) is 11.1 Å². The van der Waals surface area contributed by atoms with Crippen molar-refractivity contribution in [1.82, 2.24) is 5.43 Å². The standard InChI is InChI=1S/C22H19ClN2O3/c1-25(19-12-8-16(9-13-19)22(27)28)24-21(26)20-5-3-2-4-17(20)14-15-6-10-18(23)11-7-15/h2-13H,14H2,1H3,(H,24,26)(H,27,28). The van der Waals surface area contributed by atoms with Crippen molar-refractivity contribution < 1.29 is 14.7 Å². The maximum absolute atomic E-state index is 12.8. The summed E-state index contributed by atoms with van der Waals surface area (Å²) in [4.78, 5) is 23.8. The van der Waals surface area contributed by atoms with Crippen LogP contribution in [0.25, 0.3) is 0 Å². The zero-order valence-electron chi connectivity index (χ0n) is 15.2. The zero-order chi connectivity index (χ0) is 20.1. The number of aromatic carboxylic acids is 1. The van der Waals surface area contributed by atoms with Gasteiger partial charge in [0.15, 0.2) is 0 Å². The van der Waals surface area contributed by atoms with E-state index in [2.05, 4.69) is 5.43 Å². The number of carbonyl (C=O) groups is 2. The van der Waals surface area contributed by atoms with Gasteiger partial charge in [0.1, 0.15) is 0 Å². The summed E-state index contributed by atoms with van der Waals surface area (Å²) in [5.41, 5.74) is 6.22. The van der Waals surface area contributed by atoms with Crippen LogP contribution in [0.4, 0.5) is 5.69 Å². The quantitative estimate of drug-likeness (QED) is 0.607. The molecule has 0 atom stereocenters. The van der Waals surface area contributed by atoms with Gasteiger partial charge in [0.25, 0.3) is 5.91 Å². The van der Waals surface area contributed by atoms with Gasteiger partial charge in [-0.15, -0.1) is 0 Å². The molecule has 28 heavy (non-hydrogen) atoms. The second-order valence-electron chi connectivity index (χ2n) is 6.31. The van der Waals surface area contributed by atoms with Crippen molar-refractivity contribution in [3.8, 4) is 0 Å². The summed E-state index contributed by atoms with van der Waals surface area (Å²) in [5, 5.41) is 11.2. The van der Waals surface area contributed by atoms with Crippen LogP contribution in [0.1, 0.15) is 31.8 Å². The minimum Gasteiger partial charge on any atom is -0.478 e. The van der Waals surface area contributed by atoms with Gasteiger partial charge in [-0.25, -0.2) is 4.79 Å². The van der Waals surface area contributed by atoms with Crippen LogP contribution in [-0.4, -0.2) is 24.0 Å². The number of rotatable bonds is 6. The van der Waals surface area contributed by atoms with Gasteiger partial charge in [-0.3, -0.25) is 15.2 Å². The highest BCUT2D eigenvalue weighted by molar-refractivity contribution is 6.30. The Morgan fingerprint density at radius 3 is 2.25 bits per heavy atom. The third-order valence-electron chi connectivity index (χ3n) is 4.34. The number of nitrogens with one attached hydrogen (secondary N) is 1. The molecule has 0 spiro atoms. The summed E-state index contributed by atoms with van der Waals surface area (Å²) in [6.07, 6.45) is 0.609. The lowest BCUT2D eigenvalue weighted by Crippen LogP contribution is -2.39. The molecule has 3 rings (SSSR count). The summed E-state index contributed by atoms with van der Waals surface area (Å²) >= 11 is 5.94. The molecule has 6 heteroatoms. The van der Waals surface area contributed by atoms with Crippen LogP contribution in [0, 0.1) is 0 Å². The van der Waals surface area contributed by atoms with Gasteiger partial charge in [-0.05, 0) is 60.0 Å². The zero-order valence-corrected chi connectivity index (χ0v) is 16.0. The third kappa shape index (κ3) is 4.69. The van der Waals surface area contributed by atoms with E-state index in [4.69, 9.17) is 16.7 Å². The van der Waals surface area contributed by atoms with Gasteiger partial charge in [0, 0.05) is 17.6 Å². The molecular weight excluding hydrogens is 376 g/mol. The van der Waals surface area contributed by atoms with Crippen LogP contribution >= 0.6 is 11.6 Å². The van der Waals surface area contributed by atoms with Crippen molar-refractivity contribution in [3.63, 3.8) is 0 Å². The van der Waals surface area contributed by atoms with E-state index in [0.29, 0.717) is 22.7 Å². The molecule has 1 amide bonds. The van der Waals surface area contributed by atoms with Crippen molar-refractivity contribution in [1.29, 1.82) is 0 Å². The number of hydrogen-bond acceptors (Lipinski definition) is 3. The number of hydrogen-bond donors (Lipinski definition) is 2. The Bertz CT molecular complexity index is 985. The number of halogens is 1. The topological polar surface area (TPSA) is 69.6 Å². The Morgan fingerprint density at radius 1 is 0.964 bits per heavy atom. The molecule has 2 N–H and O–H groups in total. The summed E-state index contributed by atoms with van der Waals surface area (Å²) in [5.74, 6) is -1.23. The molecule has 0 bridgehead atoms. The van der Waals surface area contributed by atoms with Crippen LogP contribution in [0.5, 0.6) is 0 Å². The van der Waals surface area contributed by atoms with E-state index in [-0.39, 0.29) is 11.5 Å². The number of nitrogens with zero attached hydrogens (tertiary/aromatic N) is 1. The number of carboxylic acids is 1. The van der Waals surface area contributed by atoms with Crippen LogP contribution in [0.3, 0.4) is 0 Å². The summed E-state index contributed by atoms with van der Waals surface area (Å²) < 4.78 is 0. The molecule has 0 saturated carbocycles. The number of hydrazine groups is 1. The van der Waals surface area contributed by atoms with Crippen LogP contribution < -0.4 is 10.4 Å². The summed E-state index contributed by atoms with van der Waals surface area (Å²) in [7, 11) is 1.70. The van der Waals surface area contributed by atoms with Gasteiger partial charge in [-0.2, -0.15) is 0 Å². The number of carboxylic acid groups (broad SMARTS) is 1. The fraction of sp³-hybridized carbons (Fsp3) is 0.0909. The molecule has 142 valence electrons. The third-order valence-corrected chi connectivity index (χ3v) is 4.59. The average molecular weight is 395 g/mol. The molecule has 3 aromatic rings. The molecule has 3 aromatic carbocycles. The highest BCUT2D eigenvalue weighted by atomic mass is 35.5. The predicted molar refractivity (Wildman–Crippen MR) is 110 cm³/mol. The average Bonchev–Trinajstić information content (AvgIpc) is 2.70. The lowest BCUT2D eigenvalue weighted by Gasteiger charge is -2.21. The van der Waals surface area contributed by atoms with E-state index in [1.165, 1.54) is 12.1 Å². The molecule has 0 aromatic heterocycles. The van der Waals surface area contributed by atoms with Crippen molar-refractivity contribution in [3.05, 3.63) is 100 Å². The Balaban J connectivity index is 1.75. The lowest BCUT2D eigenvalue weighted by atomic mass is 9.99. The van der Waals surface area contributed by atoms with E-state index < -0.39 is 5.97 Å². The molecule has 0 fully saturated rings.